The zero-order valence-corrected chi connectivity index (χ0v) is 7.35. The van der Waals surface area contributed by atoms with Gasteiger partial charge in [-0.05, 0) is 26.7 Å². The molecule has 0 aromatic carbocycles. The summed E-state index contributed by atoms with van der Waals surface area (Å²) in [5.41, 5.74) is -0.250. The lowest BCUT2D eigenvalue weighted by molar-refractivity contribution is -0.155. The van der Waals surface area contributed by atoms with Gasteiger partial charge < -0.3 is 4.74 Å². The lowest BCUT2D eigenvalue weighted by atomic mass is 9.86. The minimum Gasteiger partial charge on any atom is -0.465 e. The summed E-state index contributed by atoms with van der Waals surface area (Å²) in [6.45, 7) is 4.53. The molecule has 2 nitrogen and oxygen atoms in total. The molecule has 2 heteroatoms. The Kier molecular flexibility index (Phi) is 2.53. The summed E-state index contributed by atoms with van der Waals surface area (Å²) < 4.78 is 5.06. The summed E-state index contributed by atoms with van der Waals surface area (Å²) in [5, 5.41) is 0. The minimum atomic E-state index is -0.250. The van der Waals surface area contributed by atoms with Crippen molar-refractivity contribution in [3.63, 3.8) is 0 Å². The monoisotopic (exact) mass is 156 g/mol. The van der Waals surface area contributed by atoms with E-state index in [2.05, 4.69) is 0 Å². The molecule has 1 aliphatic rings. The van der Waals surface area contributed by atoms with E-state index in [0.717, 1.165) is 19.3 Å². The Morgan fingerprint density at radius 3 is 2.73 bits per heavy atom. The third-order valence-corrected chi connectivity index (χ3v) is 2.23. The molecule has 0 aromatic rings. The van der Waals surface area contributed by atoms with Crippen LogP contribution in [0.15, 0.2) is 0 Å². The SMILES string of the molecule is CC1(C)CCCCCOC1=O. The Hall–Kier alpha value is -0.530. The Labute approximate surface area is 67.9 Å². The van der Waals surface area contributed by atoms with E-state index in [9.17, 15) is 4.79 Å². The first-order valence-electron chi connectivity index (χ1n) is 4.30. The highest BCUT2D eigenvalue weighted by Crippen LogP contribution is 2.27. The quantitative estimate of drug-likeness (QED) is 0.502. The molecule has 0 radical (unpaired) electrons. The molecule has 11 heavy (non-hydrogen) atoms. The maximum absolute atomic E-state index is 11.3. The molecule has 0 bridgehead atoms. The summed E-state index contributed by atoms with van der Waals surface area (Å²) in [5.74, 6) is -0.0304. The molecule has 0 aromatic heterocycles. The van der Waals surface area contributed by atoms with Crippen molar-refractivity contribution in [1.82, 2.24) is 0 Å². The highest BCUT2D eigenvalue weighted by Gasteiger charge is 2.29. The smallest absolute Gasteiger partial charge is 0.311 e. The number of ether oxygens (including phenoxy) is 1. The third kappa shape index (κ3) is 2.21. The summed E-state index contributed by atoms with van der Waals surface area (Å²) in [6.07, 6.45) is 4.34. The zero-order chi connectivity index (χ0) is 8.32. The Balaban J connectivity index is 2.54. The molecule has 0 spiro atoms. The van der Waals surface area contributed by atoms with Crippen LogP contribution in [0.5, 0.6) is 0 Å². The van der Waals surface area contributed by atoms with E-state index in [4.69, 9.17) is 4.74 Å². The van der Waals surface area contributed by atoms with Crippen molar-refractivity contribution in [3.8, 4) is 0 Å². The average Bonchev–Trinajstić information content (AvgIpc) is 1.93. The van der Waals surface area contributed by atoms with E-state index in [1.165, 1.54) is 6.42 Å². The molecule has 0 aliphatic carbocycles. The van der Waals surface area contributed by atoms with Crippen LogP contribution in [0.2, 0.25) is 0 Å². The topological polar surface area (TPSA) is 26.3 Å². The molecule has 1 fully saturated rings. The summed E-state index contributed by atoms with van der Waals surface area (Å²) in [6, 6.07) is 0. The van der Waals surface area contributed by atoms with Gasteiger partial charge >= 0.3 is 5.97 Å². The number of rotatable bonds is 0. The molecule has 0 N–H and O–H groups in total. The summed E-state index contributed by atoms with van der Waals surface area (Å²) in [4.78, 5) is 11.3. The second kappa shape index (κ2) is 3.24. The molecule has 0 atom stereocenters. The highest BCUT2D eigenvalue weighted by atomic mass is 16.5. The largest absolute Gasteiger partial charge is 0.465 e. The third-order valence-electron chi connectivity index (χ3n) is 2.23. The van der Waals surface area contributed by atoms with Gasteiger partial charge in [-0.15, -0.1) is 0 Å². The molecule has 1 heterocycles. The van der Waals surface area contributed by atoms with Crippen LogP contribution in [0.1, 0.15) is 39.5 Å². The molecule has 0 amide bonds. The number of hydrogen-bond acceptors (Lipinski definition) is 2. The van der Waals surface area contributed by atoms with Crippen molar-refractivity contribution in [1.29, 1.82) is 0 Å². The molecule has 64 valence electrons. The van der Waals surface area contributed by atoms with Crippen molar-refractivity contribution in [2.45, 2.75) is 39.5 Å². The molecule has 1 aliphatic heterocycles. The van der Waals surface area contributed by atoms with Gasteiger partial charge in [-0.3, -0.25) is 4.79 Å². The maximum atomic E-state index is 11.3. The Bertz CT molecular complexity index is 150. The molecular formula is C9H16O2. The Morgan fingerprint density at radius 1 is 1.27 bits per heavy atom. The molecule has 0 unspecified atom stereocenters. The zero-order valence-electron chi connectivity index (χ0n) is 7.35. The van der Waals surface area contributed by atoms with Gasteiger partial charge in [-0.1, -0.05) is 12.8 Å². The number of hydrogen-bond donors (Lipinski definition) is 0. The first-order valence-corrected chi connectivity index (χ1v) is 4.30. The standard InChI is InChI=1S/C9H16O2/c1-9(2)6-4-3-5-7-11-8(9)10/h3-7H2,1-2H3. The second-order valence-corrected chi connectivity index (χ2v) is 3.83. The van der Waals surface area contributed by atoms with Crippen LogP contribution in [0, 0.1) is 5.41 Å². The van der Waals surface area contributed by atoms with E-state index >= 15 is 0 Å². The van der Waals surface area contributed by atoms with Gasteiger partial charge in [0.2, 0.25) is 0 Å². The normalized spacial score (nSPS) is 25.1. The van der Waals surface area contributed by atoms with E-state index in [1.54, 1.807) is 0 Å². The van der Waals surface area contributed by atoms with Gasteiger partial charge in [0.1, 0.15) is 0 Å². The van der Waals surface area contributed by atoms with Crippen molar-refractivity contribution in [2.24, 2.45) is 5.41 Å². The highest BCUT2D eigenvalue weighted by molar-refractivity contribution is 5.75. The number of esters is 1. The molecule has 0 saturated carbocycles. The fourth-order valence-corrected chi connectivity index (χ4v) is 1.31. The van der Waals surface area contributed by atoms with Gasteiger partial charge in [0, 0.05) is 0 Å². The average molecular weight is 156 g/mol. The van der Waals surface area contributed by atoms with Crippen LogP contribution in [-0.4, -0.2) is 12.6 Å². The Morgan fingerprint density at radius 2 is 2.00 bits per heavy atom. The van der Waals surface area contributed by atoms with E-state index in [-0.39, 0.29) is 11.4 Å². The lowest BCUT2D eigenvalue weighted by Crippen LogP contribution is -2.28. The van der Waals surface area contributed by atoms with Gasteiger partial charge in [-0.25, -0.2) is 0 Å². The molecule has 1 rings (SSSR count). The van der Waals surface area contributed by atoms with Gasteiger partial charge in [-0.2, -0.15) is 0 Å². The fourth-order valence-electron chi connectivity index (χ4n) is 1.31. The van der Waals surface area contributed by atoms with Gasteiger partial charge in [0.25, 0.3) is 0 Å². The summed E-state index contributed by atoms with van der Waals surface area (Å²) in [7, 11) is 0. The van der Waals surface area contributed by atoms with E-state index < -0.39 is 0 Å². The first-order chi connectivity index (χ1) is 5.13. The lowest BCUT2D eigenvalue weighted by Gasteiger charge is -2.24. The van der Waals surface area contributed by atoms with Crippen molar-refractivity contribution < 1.29 is 9.53 Å². The number of cyclic esters (lactones) is 1. The van der Waals surface area contributed by atoms with Crippen molar-refractivity contribution in [2.75, 3.05) is 6.61 Å². The number of carbonyl (C=O) groups is 1. The van der Waals surface area contributed by atoms with Gasteiger partial charge in [0.05, 0.1) is 12.0 Å². The van der Waals surface area contributed by atoms with Crippen molar-refractivity contribution >= 4 is 5.97 Å². The fraction of sp³-hybridized carbons (Fsp3) is 0.889. The van der Waals surface area contributed by atoms with Crippen LogP contribution in [-0.2, 0) is 9.53 Å². The van der Waals surface area contributed by atoms with Crippen LogP contribution in [0.4, 0.5) is 0 Å². The summed E-state index contributed by atoms with van der Waals surface area (Å²) >= 11 is 0. The second-order valence-electron chi connectivity index (χ2n) is 3.83. The van der Waals surface area contributed by atoms with Crippen molar-refractivity contribution in [3.05, 3.63) is 0 Å². The minimum absolute atomic E-state index is 0.0304. The van der Waals surface area contributed by atoms with E-state index in [0.29, 0.717) is 6.61 Å². The molecular weight excluding hydrogens is 140 g/mol. The van der Waals surface area contributed by atoms with Gasteiger partial charge in [0.15, 0.2) is 0 Å². The van der Waals surface area contributed by atoms with Crippen LogP contribution in [0.3, 0.4) is 0 Å². The predicted octanol–water partition coefficient (Wildman–Crippen LogP) is 2.13. The first kappa shape index (κ1) is 8.57. The van der Waals surface area contributed by atoms with Crippen LogP contribution >= 0.6 is 0 Å². The number of carbonyl (C=O) groups excluding carboxylic acids is 1. The van der Waals surface area contributed by atoms with E-state index in [1.807, 2.05) is 13.8 Å². The maximum Gasteiger partial charge on any atom is 0.311 e. The molecule has 1 saturated heterocycles. The van der Waals surface area contributed by atoms with Crippen LogP contribution < -0.4 is 0 Å². The predicted molar refractivity (Wildman–Crippen MR) is 43.2 cm³/mol. The van der Waals surface area contributed by atoms with Crippen LogP contribution in [0.25, 0.3) is 0 Å².